The Kier molecular flexibility index (Phi) is 5.04. The van der Waals surface area contributed by atoms with Gasteiger partial charge in [-0.1, -0.05) is 11.6 Å². The number of hydrogen-bond acceptors (Lipinski definition) is 3. The second-order valence-electron chi connectivity index (χ2n) is 5.25. The number of carbonyl (C=O) groups excluding carboxylic acids is 1. The van der Waals surface area contributed by atoms with Gasteiger partial charge in [-0.15, -0.1) is 0 Å². The number of carbonyl (C=O) groups is 1. The molecule has 0 aliphatic heterocycles. The summed E-state index contributed by atoms with van der Waals surface area (Å²) in [6.07, 6.45) is 0.413. The number of nitrogens with zero attached hydrogens (tertiary/aromatic N) is 2. The predicted molar refractivity (Wildman–Crippen MR) is 89.2 cm³/mol. The van der Waals surface area contributed by atoms with Crippen LogP contribution < -0.4 is 5.32 Å². The van der Waals surface area contributed by atoms with Crippen LogP contribution in [0.1, 0.15) is 16.2 Å². The maximum absolute atomic E-state index is 13.1. The number of H-pyrrole nitrogens is 1. The zero-order valence-electron chi connectivity index (χ0n) is 12.9. The smallest absolute Gasteiger partial charge is 0.251 e. The number of benzene rings is 2. The monoisotopic (exact) mass is 362 g/mol. The molecule has 5 nitrogen and oxygen atoms in total. The van der Waals surface area contributed by atoms with Gasteiger partial charge in [0.05, 0.1) is 0 Å². The minimum absolute atomic E-state index is 0.0540. The van der Waals surface area contributed by atoms with E-state index in [-0.39, 0.29) is 12.1 Å². The van der Waals surface area contributed by atoms with Crippen molar-refractivity contribution in [3.63, 3.8) is 0 Å². The third-order valence-corrected chi connectivity index (χ3v) is 3.72. The molecule has 3 aromatic rings. The molecule has 0 aliphatic rings. The van der Waals surface area contributed by atoms with E-state index in [1.165, 1.54) is 6.07 Å². The molecule has 0 saturated heterocycles. The molecule has 1 aromatic heterocycles. The van der Waals surface area contributed by atoms with Crippen LogP contribution in [0.2, 0.25) is 5.02 Å². The fourth-order valence-corrected chi connectivity index (χ4v) is 2.30. The van der Waals surface area contributed by atoms with Crippen molar-refractivity contribution in [3.8, 4) is 11.4 Å². The normalized spacial score (nSPS) is 10.7. The number of amides is 1. The molecule has 0 atom stereocenters. The SMILES string of the molecule is O=C(NCCc1nc(-c2ccc(Cl)cc2)n[nH]1)c1ccc(F)c(F)c1. The first kappa shape index (κ1) is 17.0. The van der Waals surface area contributed by atoms with Crippen molar-refractivity contribution in [2.75, 3.05) is 6.54 Å². The van der Waals surface area contributed by atoms with E-state index in [2.05, 4.69) is 20.5 Å². The lowest BCUT2D eigenvalue weighted by molar-refractivity contribution is 0.0953. The Morgan fingerprint density at radius 3 is 2.60 bits per heavy atom. The number of aromatic nitrogens is 3. The Bertz CT molecular complexity index is 896. The van der Waals surface area contributed by atoms with E-state index < -0.39 is 17.5 Å². The first-order valence-electron chi connectivity index (χ1n) is 7.43. The van der Waals surface area contributed by atoms with Crippen molar-refractivity contribution in [3.05, 3.63) is 70.5 Å². The van der Waals surface area contributed by atoms with E-state index in [9.17, 15) is 13.6 Å². The zero-order valence-corrected chi connectivity index (χ0v) is 13.6. The predicted octanol–water partition coefficient (Wildman–Crippen LogP) is 3.38. The van der Waals surface area contributed by atoms with Crippen LogP contribution >= 0.6 is 11.6 Å². The molecule has 0 aliphatic carbocycles. The van der Waals surface area contributed by atoms with Gasteiger partial charge in [-0.2, -0.15) is 5.10 Å². The summed E-state index contributed by atoms with van der Waals surface area (Å²) in [6.45, 7) is 0.271. The van der Waals surface area contributed by atoms with E-state index in [4.69, 9.17) is 11.6 Å². The summed E-state index contributed by atoms with van der Waals surface area (Å²) in [7, 11) is 0. The Balaban J connectivity index is 1.56. The van der Waals surface area contributed by atoms with Crippen LogP contribution in [0, 0.1) is 11.6 Å². The summed E-state index contributed by atoms with van der Waals surface area (Å²) in [4.78, 5) is 16.2. The highest BCUT2D eigenvalue weighted by Gasteiger charge is 2.10. The molecular weight excluding hydrogens is 350 g/mol. The Hall–Kier alpha value is -2.80. The topological polar surface area (TPSA) is 70.7 Å². The van der Waals surface area contributed by atoms with Crippen LogP contribution in [0.15, 0.2) is 42.5 Å². The lowest BCUT2D eigenvalue weighted by Crippen LogP contribution is -2.26. The molecule has 25 heavy (non-hydrogen) atoms. The summed E-state index contributed by atoms with van der Waals surface area (Å²) < 4.78 is 26.0. The van der Waals surface area contributed by atoms with Gasteiger partial charge in [-0.3, -0.25) is 9.89 Å². The lowest BCUT2D eigenvalue weighted by Gasteiger charge is -2.04. The number of halogens is 3. The highest BCUT2D eigenvalue weighted by Crippen LogP contribution is 2.17. The largest absolute Gasteiger partial charge is 0.352 e. The zero-order chi connectivity index (χ0) is 17.8. The van der Waals surface area contributed by atoms with Crippen LogP contribution in [-0.2, 0) is 6.42 Å². The number of aromatic amines is 1. The number of nitrogens with one attached hydrogen (secondary N) is 2. The van der Waals surface area contributed by atoms with Gasteiger partial charge in [0.15, 0.2) is 17.5 Å². The van der Waals surface area contributed by atoms with Crippen LogP contribution in [0.4, 0.5) is 8.78 Å². The highest BCUT2D eigenvalue weighted by molar-refractivity contribution is 6.30. The molecule has 0 spiro atoms. The number of rotatable bonds is 5. The van der Waals surface area contributed by atoms with Crippen LogP contribution in [0.5, 0.6) is 0 Å². The standard InChI is InChI=1S/C17H13ClF2N4O/c18-12-4-1-10(2-5-12)16-22-15(23-24-16)7-8-21-17(25)11-3-6-13(19)14(20)9-11/h1-6,9H,7-8H2,(H,21,25)(H,22,23,24). The van der Waals surface area contributed by atoms with Crippen molar-refractivity contribution >= 4 is 17.5 Å². The molecule has 1 heterocycles. The van der Waals surface area contributed by atoms with Gasteiger partial charge in [0.2, 0.25) is 0 Å². The fourth-order valence-electron chi connectivity index (χ4n) is 2.17. The molecule has 2 N–H and O–H groups in total. The molecule has 0 radical (unpaired) electrons. The molecule has 2 aromatic carbocycles. The number of hydrogen-bond donors (Lipinski definition) is 2. The lowest BCUT2D eigenvalue weighted by atomic mass is 10.2. The van der Waals surface area contributed by atoms with Crippen molar-refractivity contribution in [1.29, 1.82) is 0 Å². The van der Waals surface area contributed by atoms with Crippen molar-refractivity contribution in [2.24, 2.45) is 0 Å². The molecule has 0 bridgehead atoms. The van der Waals surface area contributed by atoms with Gasteiger partial charge in [-0.25, -0.2) is 13.8 Å². The second kappa shape index (κ2) is 7.40. The van der Waals surface area contributed by atoms with E-state index in [1.54, 1.807) is 24.3 Å². The van der Waals surface area contributed by atoms with E-state index in [0.29, 0.717) is 23.1 Å². The van der Waals surface area contributed by atoms with Gasteiger partial charge in [-0.05, 0) is 42.5 Å². The van der Waals surface area contributed by atoms with Crippen LogP contribution in [-0.4, -0.2) is 27.6 Å². The van der Waals surface area contributed by atoms with Crippen molar-refractivity contribution in [2.45, 2.75) is 6.42 Å². The summed E-state index contributed by atoms with van der Waals surface area (Å²) in [6, 6.07) is 10.1. The summed E-state index contributed by atoms with van der Waals surface area (Å²) in [5, 5.41) is 10.1. The molecule has 0 saturated carbocycles. The van der Waals surface area contributed by atoms with Gasteiger partial charge in [0.1, 0.15) is 5.82 Å². The molecule has 0 fully saturated rings. The van der Waals surface area contributed by atoms with E-state index in [1.807, 2.05) is 0 Å². The Labute approximate surface area is 147 Å². The van der Waals surface area contributed by atoms with Gasteiger partial charge < -0.3 is 5.32 Å². The molecule has 8 heteroatoms. The van der Waals surface area contributed by atoms with Crippen LogP contribution in [0.3, 0.4) is 0 Å². The first-order valence-corrected chi connectivity index (χ1v) is 7.81. The first-order chi connectivity index (χ1) is 12.0. The summed E-state index contributed by atoms with van der Waals surface area (Å²) >= 11 is 5.84. The van der Waals surface area contributed by atoms with E-state index in [0.717, 1.165) is 17.7 Å². The highest BCUT2D eigenvalue weighted by atomic mass is 35.5. The van der Waals surface area contributed by atoms with E-state index >= 15 is 0 Å². The second-order valence-corrected chi connectivity index (χ2v) is 5.68. The van der Waals surface area contributed by atoms with Crippen molar-refractivity contribution < 1.29 is 13.6 Å². The molecule has 1 amide bonds. The van der Waals surface area contributed by atoms with Crippen LogP contribution in [0.25, 0.3) is 11.4 Å². The quantitative estimate of drug-likeness (QED) is 0.731. The molecule has 128 valence electrons. The van der Waals surface area contributed by atoms with Crippen molar-refractivity contribution in [1.82, 2.24) is 20.5 Å². The average Bonchev–Trinajstić information content (AvgIpc) is 3.06. The molecule has 0 unspecified atom stereocenters. The minimum Gasteiger partial charge on any atom is -0.352 e. The fraction of sp³-hybridized carbons (Fsp3) is 0.118. The van der Waals surface area contributed by atoms with Gasteiger partial charge in [0.25, 0.3) is 5.91 Å². The summed E-state index contributed by atoms with van der Waals surface area (Å²) in [5.74, 6) is -1.42. The molecular formula is C17H13ClF2N4O. The average molecular weight is 363 g/mol. The Morgan fingerprint density at radius 2 is 1.88 bits per heavy atom. The maximum atomic E-state index is 13.1. The summed E-state index contributed by atoms with van der Waals surface area (Å²) in [5.41, 5.74) is 0.871. The Morgan fingerprint density at radius 1 is 1.12 bits per heavy atom. The molecule has 3 rings (SSSR count). The minimum atomic E-state index is -1.06. The maximum Gasteiger partial charge on any atom is 0.251 e. The third kappa shape index (κ3) is 4.19. The van der Waals surface area contributed by atoms with Gasteiger partial charge >= 0.3 is 0 Å². The van der Waals surface area contributed by atoms with Gasteiger partial charge in [0, 0.05) is 29.1 Å². The third-order valence-electron chi connectivity index (χ3n) is 3.46.